The Balaban J connectivity index is 1.30. The van der Waals surface area contributed by atoms with Crippen LogP contribution in [0.2, 0.25) is 0 Å². The van der Waals surface area contributed by atoms with E-state index in [2.05, 4.69) is 21.9 Å². The minimum absolute atomic E-state index is 0.103. The average molecular weight is 419 g/mol. The van der Waals surface area contributed by atoms with E-state index in [1.165, 1.54) is 10.1 Å². The number of carbonyl (C=O) groups is 2. The van der Waals surface area contributed by atoms with Gasteiger partial charge in [0.2, 0.25) is 5.91 Å². The summed E-state index contributed by atoms with van der Waals surface area (Å²) in [6.07, 6.45) is 2.40. The molecule has 0 bridgehead atoms. The number of hydrazine groups is 1. The van der Waals surface area contributed by atoms with Crippen molar-refractivity contribution in [3.05, 3.63) is 70.3 Å². The Bertz CT molecular complexity index is 1190. The van der Waals surface area contributed by atoms with E-state index in [-0.39, 0.29) is 36.8 Å². The zero-order valence-corrected chi connectivity index (χ0v) is 17.4. The summed E-state index contributed by atoms with van der Waals surface area (Å²) >= 11 is 0. The summed E-state index contributed by atoms with van der Waals surface area (Å²) in [7, 11) is 1.65. The van der Waals surface area contributed by atoms with E-state index in [9.17, 15) is 14.4 Å². The molecule has 0 atom stereocenters. The lowest BCUT2D eigenvalue weighted by Gasteiger charge is -2.30. The van der Waals surface area contributed by atoms with Crippen molar-refractivity contribution in [1.82, 2.24) is 20.4 Å². The topological polar surface area (TPSA) is 96.3 Å². The van der Waals surface area contributed by atoms with Crippen molar-refractivity contribution in [2.45, 2.75) is 25.7 Å². The summed E-state index contributed by atoms with van der Waals surface area (Å²) in [6.45, 7) is 0.984. The van der Waals surface area contributed by atoms with Gasteiger partial charge in [-0.25, -0.2) is 4.98 Å². The van der Waals surface area contributed by atoms with Gasteiger partial charge in [-0.3, -0.25) is 29.8 Å². The average Bonchev–Trinajstić information content (AvgIpc) is 2.79. The SMILES string of the molecule is Cn1c(CCC(=O)NNC(=O)CN2CCCc3ccccc32)nc2ccccc2c1=O. The molecule has 0 radical (unpaired) electrons. The van der Waals surface area contributed by atoms with Gasteiger partial charge in [-0.2, -0.15) is 0 Å². The van der Waals surface area contributed by atoms with Crippen LogP contribution < -0.4 is 21.3 Å². The Morgan fingerprint density at radius 1 is 1.03 bits per heavy atom. The molecule has 160 valence electrons. The maximum atomic E-state index is 12.4. The fourth-order valence-corrected chi connectivity index (χ4v) is 3.90. The van der Waals surface area contributed by atoms with E-state index in [1.807, 2.05) is 29.2 Å². The number of aryl methyl sites for hydroxylation is 2. The molecule has 2 aromatic carbocycles. The predicted octanol–water partition coefficient (Wildman–Crippen LogP) is 1.47. The molecule has 1 aliphatic heterocycles. The third-order valence-electron chi connectivity index (χ3n) is 5.53. The molecule has 0 fully saturated rings. The van der Waals surface area contributed by atoms with Crippen LogP contribution in [0.25, 0.3) is 10.9 Å². The summed E-state index contributed by atoms with van der Waals surface area (Å²) in [5, 5.41) is 0.546. The highest BCUT2D eigenvalue weighted by Crippen LogP contribution is 2.26. The molecule has 0 unspecified atom stereocenters. The number of rotatable bonds is 5. The van der Waals surface area contributed by atoms with Gasteiger partial charge >= 0.3 is 0 Å². The molecule has 0 saturated carbocycles. The second-order valence-corrected chi connectivity index (χ2v) is 7.66. The molecule has 8 nitrogen and oxygen atoms in total. The first kappa shape index (κ1) is 20.6. The van der Waals surface area contributed by atoms with Crippen LogP contribution in [0.15, 0.2) is 53.3 Å². The zero-order valence-electron chi connectivity index (χ0n) is 17.4. The first-order valence-electron chi connectivity index (χ1n) is 10.4. The van der Waals surface area contributed by atoms with Gasteiger partial charge in [0.1, 0.15) is 5.82 Å². The fourth-order valence-electron chi connectivity index (χ4n) is 3.90. The number of carbonyl (C=O) groups excluding carboxylic acids is 2. The summed E-state index contributed by atoms with van der Waals surface area (Å²) in [5.74, 6) is -0.0915. The van der Waals surface area contributed by atoms with Crippen molar-refractivity contribution in [2.24, 2.45) is 7.05 Å². The summed E-state index contributed by atoms with van der Waals surface area (Å²) in [5.41, 5.74) is 7.71. The Morgan fingerprint density at radius 2 is 1.77 bits per heavy atom. The van der Waals surface area contributed by atoms with Crippen molar-refractivity contribution in [1.29, 1.82) is 0 Å². The van der Waals surface area contributed by atoms with E-state index in [4.69, 9.17) is 0 Å². The van der Waals surface area contributed by atoms with Crippen molar-refractivity contribution in [3.63, 3.8) is 0 Å². The van der Waals surface area contributed by atoms with Gasteiger partial charge in [0.15, 0.2) is 0 Å². The molecule has 2 N–H and O–H groups in total. The van der Waals surface area contributed by atoms with Gasteiger partial charge in [-0.05, 0) is 36.6 Å². The quantitative estimate of drug-likeness (QED) is 0.611. The zero-order chi connectivity index (χ0) is 21.8. The van der Waals surface area contributed by atoms with Crippen molar-refractivity contribution < 1.29 is 9.59 Å². The standard InChI is InChI=1S/C23H25N5O3/c1-27-20(24-18-10-4-3-9-17(18)23(27)31)12-13-21(29)25-26-22(30)15-28-14-6-8-16-7-2-5-11-19(16)28/h2-5,7,9-11H,6,8,12-15H2,1H3,(H,25,29)(H,26,30). The highest BCUT2D eigenvalue weighted by Gasteiger charge is 2.19. The number of para-hydroxylation sites is 2. The first-order valence-corrected chi connectivity index (χ1v) is 10.4. The van der Waals surface area contributed by atoms with Crippen LogP contribution >= 0.6 is 0 Å². The van der Waals surface area contributed by atoms with E-state index in [0.717, 1.165) is 25.1 Å². The van der Waals surface area contributed by atoms with Crippen LogP contribution in [0.3, 0.4) is 0 Å². The van der Waals surface area contributed by atoms with Gasteiger partial charge in [-0.15, -0.1) is 0 Å². The smallest absolute Gasteiger partial charge is 0.261 e. The molecule has 8 heteroatoms. The molecule has 3 aromatic rings. The number of nitrogens with zero attached hydrogens (tertiary/aromatic N) is 3. The number of hydrogen-bond donors (Lipinski definition) is 2. The first-order chi connectivity index (χ1) is 15.0. The van der Waals surface area contributed by atoms with Crippen LogP contribution in [0.4, 0.5) is 5.69 Å². The van der Waals surface area contributed by atoms with Gasteiger partial charge in [-0.1, -0.05) is 30.3 Å². The van der Waals surface area contributed by atoms with Gasteiger partial charge in [0.05, 0.1) is 17.4 Å². The lowest BCUT2D eigenvalue weighted by Crippen LogP contribution is -2.47. The van der Waals surface area contributed by atoms with E-state index in [0.29, 0.717) is 16.7 Å². The molecule has 31 heavy (non-hydrogen) atoms. The number of amides is 2. The van der Waals surface area contributed by atoms with E-state index in [1.54, 1.807) is 25.2 Å². The third-order valence-corrected chi connectivity index (χ3v) is 5.53. The number of aromatic nitrogens is 2. The number of nitrogens with one attached hydrogen (secondary N) is 2. The van der Waals surface area contributed by atoms with Crippen LogP contribution in [-0.2, 0) is 29.5 Å². The Kier molecular flexibility index (Phi) is 5.97. The van der Waals surface area contributed by atoms with E-state index >= 15 is 0 Å². The molecule has 0 aliphatic carbocycles. The minimum Gasteiger partial charge on any atom is -0.362 e. The predicted molar refractivity (Wildman–Crippen MR) is 119 cm³/mol. The molecular weight excluding hydrogens is 394 g/mol. The number of anilines is 1. The number of benzene rings is 2. The second-order valence-electron chi connectivity index (χ2n) is 7.66. The van der Waals surface area contributed by atoms with Crippen molar-refractivity contribution in [3.8, 4) is 0 Å². The largest absolute Gasteiger partial charge is 0.362 e. The number of fused-ring (bicyclic) bond motifs is 2. The molecule has 2 heterocycles. The Labute approximate surface area is 179 Å². The second kappa shape index (κ2) is 8.99. The van der Waals surface area contributed by atoms with Gasteiger partial charge < -0.3 is 4.90 Å². The monoisotopic (exact) mass is 419 g/mol. The molecular formula is C23H25N5O3. The molecule has 0 saturated heterocycles. The summed E-state index contributed by atoms with van der Waals surface area (Å²) < 4.78 is 1.46. The normalized spacial score (nSPS) is 13.0. The van der Waals surface area contributed by atoms with Gasteiger partial charge in [0.25, 0.3) is 11.5 Å². The molecule has 1 aliphatic rings. The maximum absolute atomic E-state index is 12.4. The summed E-state index contributed by atoms with van der Waals surface area (Å²) in [6, 6.07) is 15.2. The Morgan fingerprint density at radius 3 is 2.65 bits per heavy atom. The van der Waals surface area contributed by atoms with Gasteiger partial charge in [0, 0.05) is 32.1 Å². The van der Waals surface area contributed by atoms with Crippen molar-refractivity contribution in [2.75, 3.05) is 18.0 Å². The molecule has 2 amide bonds. The lowest BCUT2D eigenvalue weighted by molar-refractivity contribution is -0.128. The maximum Gasteiger partial charge on any atom is 0.261 e. The van der Waals surface area contributed by atoms with Crippen LogP contribution in [0.5, 0.6) is 0 Å². The summed E-state index contributed by atoms with van der Waals surface area (Å²) in [4.78, 5) is 43.5. The van der Waals surface area contributed by atoms with Crippen LogP contribution in [-0.4, -0.2) is 34.5 Å². The third kappa shape index (κ3) is 4.58. The minimum atomic E-state index is -0.338. The lowest BCUT2D eigenvalue weighted by atomic mass is 10.0. The molecule has 4 rings (SSSR count). The van der Waals surface area contributed by atoms with Crippen LogP contribution in [0.1, 0.15) is 24.2 Å². The number of hydrogen-bond acceptors (Lipinski definition) is 5. The fraction of sp³-hybridized carbons (Fsp3) is 0.304. The van der Waals surface area contributed by atoms with E-state index < -0.39 is 0 Å². The molecule has 1 aromatic heterocycles. The molecule has 0 spiro atoms. The Hall–Kier alpha value is -3.68. The van der Waals surface area contributed by atoms with Crippen molar-refractivity contribution >= 4 is 28.4 Å². The highest BCUT2D eigenvalue weighted by molar-refractivity contribution is 5.85. The van der Waals surface area contributed by atoms with Crippen LogP contribution in [0, 0.1) is 0 Å². The highest BCUT2D eigenvalue weighted by atomic mass is 16.2.